The summed E-state index contributed by atoms with van der Waals surface area (Å²) in [4.78, 5) is 0. The van der Waals surface area contributed by atoms with Crippen molar-refractivity contribution < 1.29 is 14.2 Å². The molecular formula is C19H20FN3O2. The molecule has 0 aliphatic heterocycles. The smallest absolute Gasteiger partial charge is 0.129 e. The zero-order valence-electron chi connectivity index (χ0n) is 13.9. The number of nitrogens with one attached hydrogen (secondary N) is 2. The van der Waals surface area contributed by atoms with Gasteiger partial charge in [-0.05, 0) is 30.3 Å². The predicted molar refractivity (Wildman–Crippen MR) is 93.6 cm³/mol. The van der Waals surface area contributed by atoms with E-state index in [9.17, 15) is 9.50 Å². The van der Waals surface area contributed by atoms with Crippen LogP contribution in [0.5, 0.6) is 5.75 Å². The first-order valence-electron chi connectivity index (χ1n) is 7.99. The first kappa shape index (κ1) is 17.1. The molecule has 0 fully saturated rings. The molecule has 5 nitrogen and oxygen atoms in total. The lowest BCUT2D eigenvalue weighted by Gasteiger charge is -2.13. The number of aliphatic hydroxyl groups is 1. The van der Waals surface area contributed by atoms with Crippen LogP contribution in [0.25, 0.3) is 11.3 Å². The van der Waals surface area contributed by atoms with E-state index in [0.29, 0.717) is 6.54 Å². The number of rotatable bonds is 7. The van der Waals surface area contributed by atoms with Gasteiger partial charge in [-0.3, -0.25) is 5.10 Å². The number of halogens is 1. The molecule has 3 N–H and O–H groups in total. The molecule has 1 heterocycles. The Morgan fingerprint density at radius 3 is 2.68 bits per heavy atom. The lowest BCUT2D eigenvalue weighted by Crippen LogP contribution is -2.21. The van der Waals surface area contributed by atoms with E-state index in [4.69, 9.17) is 4.74 Å². The fourth-order valence-electron chi connectivity index (χ4n) is 2.65. The van der Waals surface area contributed by atoms with Crippen molar-refractivity contribution in [1.29, 1.82) is 0 Å². The average Bonchev–Trinajstić information content (AvgIpc) is 3.10. The summed E-state index contributed by atoms with van der Waals surface area (Å²) >= 11 is 0. The molecule has 3 rings (SSSR count). The number of methoxy groups -OCH3 is 1. The summed E-state index contributed by atoms with van der Waals surface area (Å²) in [6.45, 7) is 0.748. The normalized spacial score (nSPS) is 12.1. The van der Waals surface area contributed by atoms with E-state index in [0.717, 1.165) is 22.6 Å². The van der Waals surface area contributed by atoms with Gasteiger partial charge >= 0.3 is 0 Å². The largest absolute Gasteiger partial charge is 0.497 e. The Hall–Kier alpha value is -2.70. The number of benzene rings is 2. The monoisotopic (exact) mass is 341 g/mol. The van der Waals surface area contributed by atoms with Crippen molar-refractivity contribution in [1.82, 2.24) is 15.5 Å². The van der Waals surface area contributed by atoms with Gasteiger partial charge in [0.2, 0.25) is 0 Å². The molecule has 1 aromatic heterocycles. The Morgan fingerprint density at radius 1 is 1.20 bits per heavy atom. The molecule has 6 heteroatoms. The number of aliphatic hydroxyl groups excluding tert-OH is 1. The fraction of sp³-hybridized carbons (Fsp3) is 0.211. The number of nitrogens with zero attached hydrogens (tertiary/aromatic N) is 1. The summed E-state index contributed by atoms with van der Waals surface area (Å²) in [6.07, 6.45) is 0.833. The maximum Gasteiger partial charge on any atom is 0.129 e. The minimum atomic E-state index is -0.905. The van der Waals surface area contributed by atoms with Crippen molar-refractivity contribution in [2.45, 2.75) is 12.6 Å². The average molecular weight is 341 g/mol. The molecule has 0 aliphatic carbocycles. The number of hydrogen-bond donors (Lipinski definition) is 3. The van der Waals surface area contributed by atoms with Gasteiger partial charge in [0.25, 0.3) is 0 Å². The van der Waals surface area contributed by atoms with Gasteiger partial charge in [-0.25, -0.2) is 4.39 Å². The third-order valence-electron chi connectivity index (χ3n) is 4.01. The highest BCUT2D eigenvalue weighted by Crippen LogP contribution is 2.24. The molecule has 0 bridgehead atoms. The van der Waals surface area contributed by atoms with Crippen molar-refractivity contribution in [3.05, 3.63) is 71.7 Å². The molecule has 0 unspecified atom stereocenters. The van der Waals surface area contributed by atoms with Crippen LogP contribution < -0.4 is 10.1 Å². The van der Waals surface area contributed by atoms with Crippen LogP contribution in [-0.4, -0.2) is 29.0 Å². The van der Waals surface area contributed by atoms with E-state index in [1.54, 1.807) is 31.5 Å². The van der Waals surface area contributed by atoms with Crippen molar-refractivity contribution in [2.24, 2.45) is 0 Å². The van der Waals surface area contributed by atoms with Crippen molar-refractivity contribution >= 4 is 0 Å². The molecule has 25 heavy (non-hydrogen) atoms. The van der Waals surface area contributed by atoms with Crippen LogP contribution in [0.15, 0.2) is 54.7 Å². The van der Waals surface area contributed by atoms with E-state index in [1.807, 2.05) is 24.3 Å². The molecule has 2 aromatic carbocycles. The zero-order chi connectivity index (χ0) is 17.6. The highest BCUT2D eigenvalue weighted by Gasteiger charge is 2.13. The molecule has 1 atom stereocenters. The van der Waals surface area contributed by atoms with Gasteiger partial charge in [0.15, 0.2) is 0 Å². The number of hydrogen-bond acceptors (Lipinski definition) is 4. The summed E-state index contributed by atoms with van der Waals surface area (Å²) < 4.78 is 18.8. The van der Waals surface area contributed by atoms with Gasteiger partial charge < -0.3 is 15.2 Å². The van der Waals surface area contributed by atoms with E-state index < -0.39 is 11.9 Å². The second-order valence-corrected chi connectivity index (χ2v) is 5.67. The van der Waals surface area contributed by atoms with Crippen LogP contribution in [0, 0.1) is 5.82 Å². The van der Waals surface area contributed by atoms with Crippen LogP contribution in [0.2, 0.25) is 0 Å². The first-order chi connectivity index (χ1) is 12.2. The van der Waals surface area contributed by atoms with Gasteiger partial charge in [-0.15, -0.1) is 0 Å². The molecule has 0 saturated carbocycles. The summed E-state index contributed by atoms with van der Waals surface area (Å²) in [5, 5.41) is 20.4. The molecular weight excluding hydrogens is 321 g/mol. The highest BCUT2D eigenvalue weighted by molar-refractivity contribution is 5.63. The summed E-state index contributed by atoms with van der Waals surface area (Å²) in [7, 11) is 1.63. The van der Waals surface area contributed by atoms with Crippen molar-refractivity contribution in [3.8, 4) is 17.0 Å². The Balaban J connectivity index is 1.63. The minimum Gasteiger partial charge on any atom is -0.497 e. The molecule has 0 saturated heterocycles. The third kappa shape index (κ3) is 4.04. The second-order valence-electron chi connectivity index (χ2n) is 5.67. The molecule has 0 aliphatic rings. The summed E-state index contributed by atoms with van der Waals surface area (Å²) in [5.41, 5.74) is 3.14. The van der Waals surface area contributed by atoms with E-state index in [-0.39, 0.29) is 12.1 Å². The van der Waals surface area contributed by atoms with E-state index in [1.165, 1.54) is 6.07 Å². The maximum atomic E-state index is 13.7. The topological polar surface area (TPSA) is 70.2 Å². The second kappa shape index (κ2) is 7.92. The Bertz CT molecular complexity index is 818. The summed E-state index contributed by atoms with van der Waals surface area (Å²) in [6, 6.07) is 13.9. The number of aromatic nitrogens is 2. The van der Waals surface area contributed by atoms with Gasteiger partial charge in [-0.1, -0.05) is 18.2 Å². The minimum absolute atomic E-state index is 0.244. The maximum absolute atomic E-state index is 13.7. The fourth-order valence-corrected chi connectivity index (χ4v) is 2.65. The van der Waals surface area contributed by atoms with Crippen LogP contribution in [-0.2, 0) is 6.54 Å². The Kier molecular flexibility index (Phi) is 5.42. The van der Waals surface area contributed by atoms with Crippen LogP contribution >= 0.6 is 0 Å². The number of ether oxygens (including phenoxy) is 1. The predicted octanol–water partition coefficient (Wildman–Crippen LogP) is 3.05. The van der Waals surface area contributed by atoms with Crippen LogP contribution in [0.4, 0.5) is 4.39 Å². The lowest BCUT2D eigenvalue weighted by molar-refractivity contribution is 0.169. The molecule has 0 amide bonds. The number of aromatic amines is 1. The van der Waals surface area contributed by atoms with E-state index >= 15 is 0 Å². The van der Waals surface area contributed by atoms with Gasteiger partial charge in [0.05, 0.1) is 25.1 Å². The molecule has 3 aromatic rings. The highest BCUT2D eigenvalue weighted by atomic mass is 19.1. The van der Waals surface area contributed by atoms with Gasteiger partial charge in [0, 0.05) is 29.8 Å². The van der Waals surface area contributed by atoms with Crippen LogP contribution in [0.3, 0.4) is 0 Å². The van der Waals surface area contributed by atoms with Gasteiger partial charge in [0.1, 0.15) is 11.6 Å². The van der Waals surface area contributed by atoms with Crippen LogP contribution in [0.1, 0.15) is 17.2 Å². The molecule has 0 spiro atoms. The SMILES string of the molecule is COc1ccc(-c2[nH]ncc2CNC[C@H](O)c2ccccc2F)cc1. The standard InChI is InChI=1S/C19H20FN3O2/c1-25-15-8-6-13(7-9-15)19-14(11-22-23-19)10-21-12-18(24)16-4-2-3-5-17(16)20/h2-9,11,18,21,24H,10,12H2,1H3,(H,22,23)/t18-/m0/s1. The number of H-pyrrole nitrogens is 1. The van der Waals surface area contributed by atoms with Crippen molar-refractivity contribution in [3.63, 3.8) is 0 Å². The Morgan fingerprint density at radius 2 is 1.96 bits per heavy atom. The quantitative estimate of drug-likeness (QED) is 0.618. The first-order valence-corrected chi connectivity index (χ1v) is 7.99. The van der Waals surface area contributed by atoms with E-state index in [2.05, 4.69) is 15.5 Å². The third-order valence-corrected chi connectivity index (χ3v) is 4.01. The summed E-state index contributed by atoms with van der Waals surface area (Å²) in [5.74, 6) is 0.384. The van der Waals surface area contributed by atoms with Crippen molar-refractivity contribution in [2.75, 3.05) is 13.7 Å². The molecule has 130 valence electrons. The zero-order valence-corrected chi connectivity index (χ0v) is 13.9. The Labute approximate surface area is 145 Å². The van der Waals surface area contributed by atoms with Gasteiger partial charge in [-0.2, -0.15) is 5.10 Å². The molecule has 0 radical (unpaired) electrons. The lowest BCUT2D eigenvalue weighted by atomic mass is 10.1.